The third kappa shape index (κ3) is 4.09. The van der Waals surface area contributed by atoms with Crippen molar-refractivity contribution in [3.05, 3.63) is 15.6 Å². The Morgan fingerprint density at radius 3 is 2.22 bits per heavy atom. The molecule has 0 saturated heterocycles. The fourth-order valence-electron chi connectivity index (χ4n) is 1.65. The third-order valence-electron chi connectivity index (χ3n) is 2.71. The van der Waals surface area contributed by atoms with Crippen LogP contribution in [-0.4, -0.2) is 10.9 Å². The van der Waals surface area contributed by atoms with Crippen LogP contribution in [0.5, 0.6) is 0 Å². The average Bonchev–Trinajstić information content (AvgIpc) is 2.76. The molecule has 0 unspecified atom stereocenters. The fourth-order valence-corrected chi connectivity index (χ4v) is 2.83. The van der Waals surface area contributed by atoms with Gasteiger partial charge in [-0.3, -0.25) is 4.79 Å². The van der Waals surface area contributed by atoms with Crippen LogP contribution in [0.2, 0.25) is 0 Å². The van der Waals surface area contributed by atoms with Crippen LogP contribution in [0.4, 0.5) is 0 Å². The highest BCUT2D eigenvalue weighted by atomic mass is 32.1. The molecule has 1 aliphatic carbocycles. The number of hydrogen-bond donors (Lipinski definition) is 1. The Hall–Kier alpha value is -0.900. The average molecular weight is 270 g/mol. The van der Waals surface area contributed by atoms with Crippen molar-refractivity contribution < 1.29 is 4.79 Å². The SMILES string of the molecule is CC.CC.CCc1nc(C(N)=O)c(C2CCC2)s1. The van der Waals surface area contributed by atoms with Crippen molar-refractivity contribution in [3.63, 3.8) is 0 Å². The lowest BCUT2D eigenvalue weighted by atomic mass is 9.83. The molecule has 0 aliphatic heterocycles. The van der Waals surface area contributed by atoms with E-state index in [0.717, 1.165) is 16.3 Å². The highest BCUT2D eigenvalue weighted by Gasteiger charge is 2.27. The van der Waals surface area contributed by atoms with Crippen LogP contribution in [0, 0.1) is 0 Å². The molecule has 1 aliphatic rings. The van der Waals surface area contributed by atoms with Crippen molar-refractivity contribution >= 4 is 17.2 Å². The van der Waals surface area contributed by atoms with E-state index in [-0.39, 0.29) is 5.91 Å². The van der Waals surface area contributed by atoms with Gasteiger partial charge in [-0.15, -0.1) is 11.3 Å². The number of hydrogen-bond acceptors (Lipinski definition) is 3. The summed E-state index contributed by atoms with van der Waals surface area (Å²) >= 11 is 1.66. The van der Waals surface area contributed by atoms with Crippen LogP contribution in [0.3, 0.4) is 0 Å². The van der Waals surface area contributed by atoms with Crippen LogP contribution in [0.25, 0.3) is 0 Å². The Morgan fingerprint density at radius 2 is 1.89 bits per heavy atom. The van der Waals surface area contributed by atoms with Crippen molar-refractivity contribution in [2.24, 2.45) is 5.73 Å². The maximum absolute atomic E-state index is 11.2. The maximum atomic E-state index is 11.2. The second-order valence-electron chi connectivity index (χ2n) is 3.67. The van der Waals surface area contributed by atoms with Crippen molar-refractivity contribution in [3.8, 4) is 0 Å². The van der Waals surface area contributed by atoms with Gasteiger partial charge in [-0.2, -0.15) is 0 Å². The van der Waals surface area contributed by atoms with Gasteiger partial charge in [-0.1, -0.05) is 41.0 Å². The van der Waals surface area contributed by atoms with Crippen LogP contribution < -0.4 is 5.73 Å². The summed E-state index contributed by atoms with van der Waals surface area (Å²) in [6.07, 6.45) is 4.52. The molecule has 1 amide bonds. The predicted octanol–water partition coefficient (Wildman–Crippen LogP) is 4.12. The lowest BCUT2D eigenvalue weighted by Crippen LogP contribution is -2.17. The Bertz CT molecular complexity index is 357. The van der Waals surface area contributed by atoms with E-state index in [4.69, 9.17) is 5.73 Å². The van der Waals surface area contributed by atoms with Crippen LogP contribution in [0.15, 0.2) is 0 Å². The summed E-state index contributed by atoms with van der Waals surface area (Å²) in [5, 5.41) is 1.03. The zero-order valence-electron chi connectivity index (χ0n) is 12.2. The van der Waals surface area contributed by atoms with E-state index in [1.54, 1.807) is 11.3 Å². The predicted molar refractivity (Wildman–Crippen MR) is 79.3 cm³/mol. The lowest BCUT2D eigenvalue weighted by molar-refractivity contribution is 0.0994. The molecule has 1 heterocycles. The molecule has 0 bridgehead atoms. The minimum atomic E-state index is -0.372. The maximum Gasteiger partial charge on any atom is 0.268 e. The third-order valence-corrected chi connectivity index (χ3v) is 4.07. The summed E-state index contributed by atoms with van der Waals surface area (Å²) in [6.45, 7) is 10.0. The van der Waals surface area contributed by atoms with Gasteiger partial charge in [-0.25, -0.2) is 4.98 Å². The van der Waals surface area contributed by atoms with Gasteiger partial charge in [0.15, 0.2) is 0 Å². The van der Waals surface area contributed by atoms with E-state index in [0.29, 0.717) is 11.6 Å². The van der Waals surface area contributed by atoms with E-state index < -0.39 is 0 Å². The molecule has 2 rings (SSSR count). The van der Waals surface area contributed by atoms with E-state index in [1.165, 1.54) is 19.3 Å². The molecule has 2 N–H and O–H groups in total. The van der Waals surface area contributed by atoms with Crippen molar-refractivity contribution in [1.29, 1.82) is 0 Å². The molecular weight excluding hydrogens is 244 g/mol. The van der Waals surface area contributed by atoms with Gasteiger partial charge in [0.05, 0.1) is 5.01 Å². The highest BCUT2D eigenvalue weighted by molar-refractivity contribution is 7.12. The van der Waals surface area contributed by atoms with Gasteiger partial charge in [0.1, 0.15) is 5.69 Å². The summed E-state index contributed by atoms with van der Waals surface area (Å²) in [5.41, 5.74) is 5.83. The van der Waals surface area contributed by atoms with Gasteiger partial charge in [0.25, 0.3) is 5.91 Å². The molecule has 0 spiro atoms. The van der Waals surface area contributed by atoms with Crippen molar-refractivity contribution in [2.45, 2.75) is 66.2 Å². The van der Waals surface area contributed by atoms with E-state index in [2.05, 4.69) is 4.98 Å². The second kappa shape index (κ2) is 9.09. The number of carbonyl (C=O) groups excluding carboxylic acids is 1. The molecule has 0 radical (unpaired) electrons. The second-order valence-corrected chi connectivity index (χ2v) is 4.78. The number of nitrogens with two attached hydrogens (primary N) is 1. The highest BCUT2D eigenvalue weighted by Crippen LogP contribution is 2.40. The molecule has 0 aromatic carbocycles. The Morgan fingerprint density at radius 1 is 1.33 bits per heavy atom. The minimum Gasteiger partial charge on any atom is -0.364 e. The first-order valence-corrected chi connectivity index (χ1v) is 7.83. The molecule has 1 fully saturated rings. The van der Waals surface area contributed by atoms with Crippen LogP contribution in [0.1, 0.15) is 80.2 Å². The van der Waals surface area contributed by atoms with Gasteiger partial charge in [0, 0.05) is 4.88 Å². The van der Waals surface area contributed by atoms with Crippen LogP contribution >= 0.6 is 11.3 Å². The quantitative estimate of drug-likeness (QED) is 0.898. The zero-order chi connectivity index (χ0) is 14.1. The topological polar surface area (TPSA) is 56.0 Å². The molecule has 104 valence electrons. The molecule has 3 nitrogen and oxygen atoms in total. The molecule has 1 aromatic heterocycles. The van der Waals surface area contributed by atoms with Gasteiger partial charge in [0.2, 0.25) is 0 Å². The summed E-state index contributed by atoms with van der Waals surface area (Å²) in [7, 11) is 0. The molecule has 1 saturated carbocycles. The standard InChI is InChI=1S/C10H14N2OS.2C2H6/c1-2-7-12-8(10(11)13)9(14-7)6-4-3-5-6;2*1-2/h6H,2-5H2,1H3,(H2,11,13);2*1-2H3. The van der Waals surface area contributed by atoms with Gasteiger partial charge < -0.3 is 5.73 Å². The Labute approximate surface area is 115 Å². The van der Waals surface area contributed by atoms with E-state index in [9.17, 15) is 4.79 Å². The number of thiazole rings is 1. The van der Waals surface area contributed by atoms with E-state index >= 15 is 0 Å². The van der Waals surface area contributed by atoms with Crippen LogP contribution in [-0.2, 0) is 6.42 Å². The lowest BCUT2D eigenvalue weighted by Gasteiger charge is -2.24. The molecule has 4 heteroatoms. The van der Waals surface area contributed by atoms with Crippen molar-refractivity contribution in [1.82, 2.24) is 4.98 Å². The minimum absolute atomic E-state index is 0.372. The summed E-state index contributed by atoms with van der Waals surface area (Å²) in [5.74, 6) is 0.179. The number of aryl methyl sites for hydroxylation is 1. The zero-order valence-corrected chi connectivity index (χ0v) is 13.1. The smallest absolute Gasteiger partial charge is 0.268 e. The molecule has 0 atom stereocenters. The first kappa shape index (κ1) is 17.1. The normalized spacial score (nSPS) is 13.6. The first-order chi connectivity index (χ1) is 8.72. The number of aromatic nitrogens is 1. The Balaban J connectivity index is 0.000000659. The van der Waals surface area contributed by atoms with Gasteiger partial charge in [-0.05, 0) is 25.2 Å². The molecule has 18 heavy (non-hydrogen) atoms. The van der Waals surface area contributed by atoms with Gasteiger partial charge >= 0.3 is 0 Å². The molecule has 1 aromatic rings. The Kier molecular flexibility index (Phi) is 8.63. The largest absolute Gasteiger partial charge is 0.364 e. The van der Waals surface area contributed by atoms with Crippen molar-refractivity contribution in [2.75, 3.05) is 0 Å². The summed E-state index contributed by atoms with van der Waals surface area (Å²) in [6, 6.07) is 0. The summed E-state index contributed by atoms with van der Waals surface area (Å²) < 4.78 is 0. The fraction of sp³-hybridized carbons (Fsp3) is 0.714. The monoisotopic (exact) mass is 270 g/mol. The first-order valence-electron chi connectivity index (χ1n) is 7.01. The van der Waals surface area contributed by atoms with E-state index in [1.807, 2.05) is 34.6 Å². The number of nitrogens with zero attached hydrogens (tertiary/aromatic N) is 1. The number of amides is 1. The summed E-state index contributed by atoms with van der Waals surface area (Å²) in [4.78, 5) is 16.6. The molecular formula is C14H26N2OS. The number of primary amides is 1. The number of rotatable bonds is 3. The number of carbonyl (C=O) groups is 1.